The summed E-state index contributed by atoms with van der Waals surface area (Å²) in [5.41, 5.74) is 1.30. The number of nitrogens with one attached hydrogen (secondary N) is 2. The van der Waals surface area contributed by atoms with Gasteiger partial charge in [0, 0.05) is 6.54 Å². The summed E-state index contributed by atoms with van der Waals surface area (Å²) in [5, 5.41) is 6.37. The number of anilines is 2. The van der Waals surface area contributed by atoms with Gasteiger partial charge in [0.2, 0.25) is 5.91 Å². The third-order valence-corrected chi connectivity index (χ3v) is 3.72. The maximum Gasteiger partial charge on any atom is 0.232 e. The zero-order valence-electron chi connectivity index (χ0n) is 11.9. The van der Waals surface area contributed by atoms with Gasteiger partial charge in [-0.2, -0.15) is 0 Å². The van der Waals surface area contributed by atoms with E-state index in [9.17, 15) is 4.79 Å². The highest BCUT2D eigenvalue weighted by atomic mass is 16.5. The molecule has 1 aliphatic rings. The Morgan fingerprint density at radius 2 is 2.16 bits per heavy atom. The summed E-state index contributed by atoms with van der Waals surface area (Å²) in [4.78, 5) is 12.3. The molecule has 0 bridgehead atoms. The van der Waals surface area contributed by atoms with E-state index in [4.69, 9.17) is 4.74 Å². The molecule has 4 nitrogen and oxygen atoms in total. The van der Waals surface area contributed by atoms with Crippen molar-refractivity contribution in [2.75, 3.05) is 23.8 Å². The first kappa shape index (κ1) is 13.7. The SMILES string of the molecule is CCCOc1cccc2c1NC(=O)C(C)(CC)CN2. The first-order valence-corrected chi connectivity index (χ1v) is 6.92. The van der Waals surface area contributed by atoms with E-state index in [1.54, 1.807) is 0 Å². The van der Waals surface area contributed by atoms with Crippen LogP contribution in [-0.4, -0.2) is 19.1 Å². The predicted molar refractivity (Wildman–Crippen MR) is 77.7 cm³/mol. The third-order valence-electron chi connectivity index (χ3n) is 3.72. The lowest BCUT2D eigenvalue weighted by Gasteiger charge is -2.24. The van der Waals surface area contributed by atoms with E-state index in [0.29, 0.717) is 13.2 Å². The van der Waals surface area contributed by atoms with Crippen molar-refractivity contribution in [3.05, 3.63) is 18.2 Å². The second-order valence-corrected chi connectivity index (χ2v) is 5.25. The Balaban J connectivity index is 2.32. The molecule has 1 heterocycles. The van der Waals surface area contributed by atoms with Crippen LogP contribution in [0.1, 0.15) is 33.6 Å². The van der Waals surface area contributed by atoms with E-state index in [1.807, 2.05) is 32.0 Å². The van der Waals surface area contributed by atoms with Crippen LogP contribution in [0.4, 0.5) is 11.4 Å². The number of rotatable bonds is 4. The van der Waals surface area contributed by atoms with E-state index in [2.05, 4.69) is 17.6 Å². The molecule has 1 unspecified atom stereocenters. The molecular formula is C15H22N2O2. The molecule has 0 saturated carbocycles. The smallest absolute Gasteiger partial charge is 0.232 e. The van der Waals surface area contributed by atoms with E-state index >= 15 is 0 Å². The normalized spacial score (nSPS) is 21.9. The predicted octanol–water partition coefficient (Wildman–Crippen LogP) is 3.26. The Labute approximate surface area is 114 Å². The minimum absolute atomic E-state index is 0.0498. The van der Waals surface area contributed by atoms with Crippen molar-refractivity contribution in [3.8, 4) is 5.75 Å². The van der Waals surface area contributed by atoms with Crippen LogP contribution in [0.25, 0.3) is 0 Å². The van der Waals surface area contributed by atoms with Crippen LogP contribution in [0.3, 0.4) is 0 Å². The lowest BCUT2D eigenvalue weighted by Crippen LogP contribution is -2.36. The van der Waals surface area contributed by atoms with Crippen molar-refractivity contribution in [3.63, 3.8) is 0 Å². The molecule has 0 saturated heterocycles. The van der Waals surface area contributed by atoms with Crippen LogP contribution >= 0.6 is 0 Å². The van der Waals surface area contributed by atoms with Gasteiger partial charge < -0.3 is 15.4 Å². The van der Waals surface area contributed by atoms with Gasteiger partial charge in [-0.3, -0.25) is 4.79 Å². The fourth-order valence-corrected chi connectivity index (χ4v) is 2.06. The first-order valence-electron chi connectivity index (χ1n) is 6.92. The number of benzene rings is 1. The monoisotopic (exact) mass is 262 g/mol. The highest BCUT2D eigenvalue weighted by Gasteiger charge is 2.34. The van der Waals surface area contributed by atoms with Crippen molar-refractivity contribution >= 4 is 17.3 Å². The second-order valence-electron chi connectivity index (χ2n) is 5.25. The first-order chi connectivity index (χ1) is 9.10. The number of ether oxygens (including phenoxy) is 1. The van der Waals surface area contributed by atoms with Gasteiger partial charge in [0.15, 0.2) is 0 Å². The lowest BCUT2D eigenvalue weighted by atomic mass is 9.86. The number of carbonyl (C=O) groups excluding carboxylic acids is 1. The van der Waals surface area contributed by atoms with Gasteiger partial charge in [-0.1, -0.05) is 19.9 Å². The molecule has 4 heteroatoms. The summed E-state index contributed by atoms with van der Waals surface area (Å²) in [6.07, 6.45) is 1.74. The highest BCUT2D eigenvalue weighted by Crippen LogP contribution is 2.38. The van der Waals surface area contributed by atoms with Crippen LogP contribution in [-0.2, 0) is 4.79 Å². The summed E-state index contributed by atoms with van der Waals surface area (Å²) >= 11 is 0. The van der Waals surface area contributed by atoms with Crippen LogP contribution in [0.5, 0.6) is 5.75 Å². The van der Waals surface area contributed by atoms with Gasteiger partial charge in [0.1, 0.15) is 11.4 Å². The largest absolute Gasteiger partial charge is 0.491 e. The standard InChI is InChI=1S/C15H22N2O2/c1-4-9-19-12-8-6-7-11-13(12)17-14(18)15(3,5-2)10-16-11/h6-8,16H,4-5,9-10H2,1-3H3,(H,17,18). The second kappa shape index (κ2) is 5.51. The number of para-hydroxylation sites is 1. The molecule has 2 rings (SSSR count). The van der Waals surface area contributed by atoms with E-state index in [-0.39, 0.29) is 11.3 Å². The molecule has 1 aliphatic heterocycles. The zero-order chi connectivity index (χ0) is 13.9. The van der Waals surface area contributed by atoms with Crippen LogP contribution in [0.15, 0.2) is 18.2 Å². The molecule has 1 aromatic rings. The number of hydrogen-bond acceptors (Lipinski definition) is 3. The van der Waals surface area contributed by atoms with E-state index in [1.165, 1.54) is 0 Å². The maximum absolute atomic E-state index is 12.3. The van der Waals surface area contributed by atoms with Crippen molar-refractivity contribution in [2.45, 2.75) is 33.6 Å². The number of fused-ring (bicyclic) bond motifs is 1. The van der Waals surface area contributed by atoms with E-state index in [0.717, 1.165) is 30.0 Å². The van der Waals surface area contributed by atoms with Crippen LogP contribution in [0.2, 0.25) is 0 Å². The minimum atomic E-state index is -0.388. The quantitative estimate of drug-likeness (QED) is 0.875. The lowest BCUT2D eigenvalue weighted by molar-refractivity contribution is -0.124. The Morgan fingerprint density at radius 3 is 2.84 bits per heavy atom. The average Bonchev–Trinajstić information content (AvgIpc) is 2.55. The van der Waals surface area contributed by atoms with E-state index < -0.39 is 0 Å². The molecule has 1 aromatic carbocycles. The minimum Gasteiger partial charge on any atom is -0.491 e. The van der Waals surface area contributed by atoms with Crippen LogP contribution in [0, 0.1) is 5.41 Å². The molecule has 1 atom stereocenters. The van der Waals surface area contributed by atoms with Gasteiger partial charge in [-0.25, -0.2) is 0 Å². The van der Waals surface area contributed by atoms with Gasteiger partial charge in [-0.15, -0.1) is 0 Å². The molecule has 19 heavy (non-hydrogen) atoms. The molecule has 0 fully saturated rings. The van der Waals surface area contributed by atoms with Crippen molar-refractivity contribution < 1.29 is 9.53 Å². The highest BCUT2D eigenvalue weighted by molar-refractivity contribution is 6.01. The molecule has 2 N–H and O–H groups in total. The topological polar surface area (TPSA) is 50.4 Å². The van der Waals surface area contributed by atoms with Crippen molar-refractivity contribution in [1.29, 1.82) is 0 Å². The summed E-state index contributed by atoms with van der Waals surface area (Å²) < 4.78 is 5.70. The van der Waals surface area contributed by atoms with Gasteiger partial charge in [-0.05, 0) is 31.9 Å². The summed E-state index contributed by atoms with van der Waals surface area (Å²) in [6, 6.07) is 5.80. The van der Waals surface area contributed by atoms with Gasteiger partial charge in [0.05, 0.1) is 17.7 Å². The van der Waals surface area contributed by atoms with Gasteiger partial charge >= 0.3 is 0 Å². The Morgan fingerprint density at radius 1 is 1.37 bits per heavy atom. The summed E-state index contributed by atoms with van der Waals surface area (Å²) in [7, 11) is 0. The molecular weight excluding hydrogens is 240 g/mol. The molecule has 104 valence electrons. The molecule has 0 spiro atoms. The molecule has 0 aliphatic carbocycles. The summed E-state index contributed by atoms with van der Waals surface area (Å²) in [6.45, 7) is 7.36. The third kappa shape index (κ3) is 2.67. The number of amides is 1. The molecule has 0 aromatic heterocycles. The van der Waals surface area contributed by atoms with Crippen molar-refractivity contribution in [2.24, 2.45) is 5.41 Å². The molecule has 1 amide bonds. The van der Waals surface area contributed by atoms with Crippen LogP contribution < -0.4 is 15.4 Å². The Bertz CT molecular complexity index is 473. The number of carbonyl (C=O) groups is 1. The fraction of sp³-hybridized carbons (Fsp3) is 0.533. The van der Waals surface area contributed by atoms with Gasteiger partial charge in [0.25, 0.3) is 0 Å². The fourth-order valence-electron chi connectivity index (χ4n) is 2.06. The maximum atomic E-state index is 12.3. The Hall–Kier alpha value is -1.71. The average molecular weight is 262 g/mol. The van der Waals surface area contributed by atoms with Crippen molar-refractivity contribution in [1.82, 2.24) is 0 Å². The Kier molecular flexibility index (Phi) is 3.98. The molecule has 0 radical (unpaired) electrons. The number of hydrogen-bond donors (Lipinski definition) is 2. The zero-order valence-corrected chi connectivity index (χ0v) is 11.9. The summed E-state index contributed by atoms with van der Waals surface area (Å²) in [5.74, 6) is 0.786.